The highest BCUT2D eigenvalue weighted by atomic mass is 79.9. The minimum Gasteiger partial charge on any atom is -0.504 e. The van der Waals surface area contributed by atoms with E-state index in [2.05, 4.69) is 31.9 Å². The van der Waals surface area contributed by atoms with Crippen molar-refractivity contribution in [1.82, 2.24) is 9.80 Å². The van der Waals surface area contributed by atoms with Crippen LogP contribution < -0.4 is 9.47 Å². The normalized spacial score (nSPS) is 14.8. The van der Waals surface area contributed by atoms with Gasteiger partial charge in [-0.25, -0.2) is 0 Å². The number of carbonyl (C=O) groups is 5. The SMILES string of the molecule is C.C.CN1C(=O)CSC1=O.COc1cc(/C=C2\SC(=O)N(C)C2=O)c(Br)cc1O.COc1cc(C=O)c(Br)cc1O.[2HH]. The number of ether oxygens (including phenoxy) is 2. The number of rotatable bonds is 4. The van der Waals surface area contributed by atoms with Crippen molar-refractivity contribution >= 4 is 90.0 Å². The number of aldehydes is 1. The van der Waals surface area contributed by atoms with E-state index in [0.29, 0.717) is 48.5 Å². The van der Waals surface area contributed by atoms with Crippen LogP contribution in [0.25, 0.3) is 6.08 Å². The molecule has 0 radical (unpaired) electrons. The fraction of sp³-hybridized carbons (Fsp3) is 0.269. The summed E-state index contributed by atoms with van der Waals surface area (Å²) in [4.78, 5) is 57.1. The molecule has 2 aromatic rings. The van der Waals surface area contributed by atoms with Crippen LogP contribution in [0.4, 0.5) is 9.59 Å². The molecule has 2 heterocycles. The molecule has 2 fully saturated rings. The maximum atomic E-state index is 11.8. The zero-order valence-electron chi connectivity index (χ0n) is 20.9. The Labute approximate surface area is 265 Å². The first-order valence-corrected chi connectivity index (χ1v) is 14.0. The predicted octanol–water partition coefficient (Wildman–Crippen LogP) is 6.64. The molecule has 0 aromatic heterocycles. The second-order valence-electron chi connectivity index (χ2n) is 7.46. The van der Waals surface area contributed by atoms with Crippen LogP contribution in [0.2, 0.25) is 0 Å². The van der Waals surface area contributed by atoms with Crippen molar-refractivity contribution in [1.29, 1.82) is 0 Å². The summed E-state index contributed by atoms with van der Waals surface area (Å²) < 4.78 is 11.0. The van der Waals surface area contributed by atoms with E-state index in [1.165, 1.54) is 46.5 Å². The first kappa shape index (κ1) is 38.0. The number of halogens is 2. The minimum atomic E-state index is -0.339. The number of hydrogen-bond acceptors (Lipinski definition) is 11. The molecular formula is C26H32Br2N2O9S2. The number of imide groups is 2. The molecule has 0 saturated carbocycles. The van der Waals surface area contributed by atoms with Crippen molar-refractivity contribution in [3.05, 3.63) is 49.2 Å². The van der Waals surface area contributed by atoms with E-state index in [0.717, 1.165) is 33.3 Å². The maximum Gasteiger partial charge on any atom is 0.293 e. The molecule has 0 atom stereocenters. The first-order chi connectivity index (χ1) is 18.3. The van der Waals surface area contributed by atoms with Crippen molar-refractivity contribution in [2.45, 2.75) is 14.9 Å². The average Bonchev–Trinajstić information content (AvgIpc) is 3.32. The van der Waals surface area contributed by atoms with Crippen LogP contribution in [0.15, 0.2) is 38.1 Å². The summed E-state index contributed by atoms with van der Waals surface area (Å²) in [6.07, 6.45) is 2.27. The van der Waals surface area contributed by atoms with Crippen LogP contribution in [-0.2, 0) is 9.59 Å². The van der Waals surface area contributed by atoms with E-state index in [1.807, 2.05) is 0 Å². The molecule has 4 amide bonds. The van der Waals surface area contributed by atoms with Gasteiger partial charge in [0.2, 0.25) is 5.91 Å². The number of methoxy groups -OCH3 is 2. The van der Waals surface area contributed by atoms with Gasteiger partial charge in [-0.15, -0.1) is 0 Å². The van der Waals surface area contributed by atoms with Gasteiger partial charge in [0.15, 0.2) is 29.3 Å². The lowest BCUT2D eigenvalue weighted by molar-refractivity contribution is -0.123. The highest BCUT2D eigenvalue weighted by Gasteiger charge is 2.32. The van der Waals surface area contributed by atoms with Crippen molar-refractivity contribution < 1.29 is 45.1 Å². The van der Waals surface area contributed by atoms with Crippen LogP contribution in [0, 0.1) is 0 Å². The molecule has 2 aromatic carbocycles. The molecule has 2 N–H and O–H groups in total. The van der Waals surface area contributed by atoms with Crippen molar-refractivity contribution in [3.63, 3.8) is 0 Å². The number of nitrogens with zero attached hydrogens (tertiary/aromatic N) is 2. The summed E-state index contributed by atoms with van der Waals surface area (Å²) in [7, 11) is 5.79. The Morgan fingerprint density at radius 2 is 1.34 bits per heavy atom. The van der Waals surface area contributed by atoms with Gasteiger partial charge in [-0.05, 0) is 63.6 Å². The van der Waals surface area contributed by atoms with Gasteiger partial charge in [-0.2, -0.15) is 0 Å². The van der Waals surface area contributed by atoms with Gasteiger partial charge in [-0.1, -0.05) is 42.5 Å². The number of aromatic hydroxyl groups is 2. The number of hydrogen-bond donors (Lipinski definition) is 2. The Kier molecular flexibility index (Phi) is 15.8. The van der Waals surface area contributed by atoms with Gasteiger partial charge in [0.25, 0.3) is 16.4 Å². The van der Waals surface area contributed by atoms with Gasteiger partial charge in [-0.3, -0.25) is 33.8 Å². The van der Waals surface area contributed by atoms with E-state index >= 15 is 0 Å². The summed E-state index contributed by atoms with van der Waals surface area (Å²) in [6, 6.07) is 5.94. The molecule has 4 rings (SSSR count). The standard InChI is InChI=1S/C12H10BrNO4S.C8H7BrO3.C4H5NO2S.2CH4.H2/c1-14-11(16)10(19-12(14)17)4-6-3-9(18-2)8(15)5-7(6)13;1-12-8-2-5(4-10)6(9)3-7(8)11;1-5-3(6)2-8-4(5)7;;;/h3-5,15H,1-2H3;2-4,11H,1H3;2H2,1H3;2*1H4;1H/b10-4-;;;;;/i;;;;;1+1. The highest BCUT2D eigenvalue weighted by Crippen LogP contribution is 2.37. The molecule has 41 heavy (non-hydrogen) atoms. The number of thioether (sulfide) groups is 2. The van der Waals surface area contributed by atoms with Crippen molar-refractivity contribution in [3.8, 4) is 23.0 Å². The molecule has 0 bridgehead atoms. The molecular weight excluding hydrogens is 708 g/mol. The molecule has 15 heteroatoms. The van der Waals surface area contributed by atoms with E-state index in [4.69, 9.17) is 9.47 Å². The van der Waals surface area contributed by atoms with Crippen LogP contribution in [0.1, 0.15) is 32.2 Å². The lowest BCUT2D eigenvalue weighted by Gasteiger charge is -2.07. The van der Waals surface area contributed by atoms with Crippen molar-refractivity contribution in [2.75, 3.05) is 34.1 Å². The highest BCUT2D eigenvalue weighted by molar-refractivity contribution is 9.10. The lowest BCUT2D eigenvalue weighted by Crippen LogP contribution is -2.22. The van der Waals surface area contributed by atoms with Gasteiger partial charge >= 0.3 is 0 Å². The summed E-state index contributed by atoms with van der Waals surface area (Å²) in [6.45, 7) is 0. The molecule has 2 aliphatic rings. The maximum absolute atomic E-state index is 11.8. The molecule has 0 unspecified atom stereocenters. The lowest BCUT2D eigenvalue weighted by atomic mass is 10.2. The third-order valence-corrected chi connectivity index (χ3v) is 8.21. The average molecular weight is 741 g/mol. The third kappa shape index (κ3) is 9.80. The Hall–Kier alpha value is -3.01. The minimum absolute atomic E-state index is 0. The first-order valence-electron chi connectivity index (χ1n) is 10.6. The Morgan fingerprint density at radius 3 is 1.68 bits per heavy atom. The van der Waals surface area contributed by atoms with Gasteiger partial charge in [0.05, 0.1) is 24.9 Å². The van der Waals surface area contributed by atoms with E-state index in [1.54, 1.807) is 12.1 Å². The van der Waals surface area contributed by atoms with Crippen LogP contribution in [0.3, 0.4) is 0 Å². The topological polar surface area (TPSA) is 151 Å². The third-order valence-electron chi connectivity index (χ3n) is 4.96. The number of amides is 4. The molecule has 0 spiro atoms. The summed E-state index contributed by atoms with van der Waals surface area (Å²) in [5.41, 5.74) is 1.10. The Balaban J connectivity index is 0. The van der Waals surface area contributed by atoms with Gasteiger partial charge in [0.1, 0.15) is 0 Å². The Morgan fingerprint density at radius 1 is 0.854 bits per heavy atom. The predicted molar refractivity (Wildman–Crippen MR) is 170 cm³/mol. The van der Waals surface area contributed by atoms with Crippen LogP contribution >= 0.6 is 55.4 Å². The molecule has 2 aliphatic heterocycles. The molecule has 11 nitrogen and oxygen atoms in total. The number of likely N-dealkylation sites (N-methyl/N-ethyl adjacent to an activating group) is 1. The Bertz CT molecular complexity index is 1340. The van der Waals surface area contributed by atoms with E-state index in [-0.39, 0.29) is 50.1 Å². The second-order valence-corrected chi connectivity index (χ2v) is 11.1. The monoisotopic (exact) mass is 739 g/mol. The number of carbonyl (C=O) groups excluding carboxylic acids is 5. The fourth-order valence-electron chi connectivity index (χ4n) is 2.75. The summed E-state index contributed by atoms with van der Waals surface area (Å²) in [5, 5.41) is 18.4. The largest absolute Gasteiger partial charge is 0.504 e. The zero-order valence-corrected chi connectivity index (χ0v) is 25.7. The summed E-state index contributed by atoms with van der Waals surface area (Å²) >= 11 is 8.34. The van der Waals surface area contributed by atoms with Crippen molar-refractivity contribution in [2.24, 2.45) is 0 Å². The number of phenolic OH excluding ortho intramolecular Hbond substituents is 2. The zero-order chi connectivity index (χ0) is 29.4. The quantitative estimate of drug-likeness (QED) is 0.257. The number of phenols is 2. The molecule has 226 valence electrons. The second kappa shape index (κ2) is 17.1. The van der Waals surface area contributed by atoms with Crippen LogP contribution in [0.5, 0.6) is 23.0 Å². The molecule has 0 aliphatic carbocycles. The summed E-state index contributed by atoms with van der Waals surface area (Å²) in [5.74, 6) is 0.472. The van der Waals surface area contributed by atoms with E-state index < -0.39 is 0 Å². The van der Waals surface area contributed by atoms with E-state index in [9.17, 15) is 34.2 Å². The number of benzene rings is 2. The van der Waals surface area contributed by atoms with Crippen LogP contribution in [-0.4, -0.2) is 82.7 Å². The fourth-order valence-corrected chi connectivity index (χ4v) is 5.18. The van der Waals surface area contributed by atoms with Gasteiger partial charge < -0.3 is 19.7 Å². The molecule has 2 saturated heterocycles. The smallest absolute Gasteiger partial charge is 0.293 e. The van der Waals surface area contributed by atoms with Gasteiger partial charge in [0, 0.05) is 30.0 Å².